The fraction of sp³-hybridized carbons (Fsp3) is 0.800. The van der Waals surface area contributed by atoms with Crippen molar-refractivity contribution >= 4 is 0 Å². The van der Waals surface area contributed by atoms with Gasteiger partial charge in [-0.15, -0.1) is 0 Å². The van der Waals surface area contributed by atoms with Gasteiger partial charge in [0, 0.05) is 0 Å². The van der Waals surface area contributed by atoms with Crippen LogP contribution in [0.5, 0.6) is 0 Å². The first-order valence-electron chi connectivity index (χ1n) is 9.34. The van der Waals surface area contributed by atoms with Gasteiger partial charge < -0.3 is 4.74 Å². The molecule has 1 rings (SSSR count). The zero-order valence-corrected chi connectivity index (χ0v) is 14.4. The average Bonchev–Trinajstić information content (AvgIpc) is 3.26. The summed E-state index contributed by atoms with van der Waals surface area (Å²) in [5.41, 5.74) is 0. The summed E-state index contributed by atoms with van der Waals surface area (Å²) in [6.45, 7) is 4.48. The zero-order valence-electron chi connectivity index (χ0n) is 14.4. The Morgan fingerprint density at radius 3 is 2.05 bits per heavy atom. The van der Waals surface area contributed by atoms with Crippen molar-refractivity contribution in [2.45, 2.75) is 103 Å². The van der Waals surface area contributed by atoms with E-state index in [0.29, 0.717) is 12.2 Å². The van der Waals surface area contributed by atoms with Gasteiger partial charge in [-0.3, -0.25) is 0 Å². The molecule has 2 atom stereocenters. The molecule has 0 amide bonds. The molecule has 2 unspecified atom stereocenters. The van der Waals surface area contributed by atoms with Gasteiger partial charge in [-0.1, -0.05) is 83.1 Å². The fourth-order valence-electron chi connectivity index (χ4n) is 2.76. The van der Waals surface area contributed by atoms with Crippen LogP contribution in [0.15, 0.2) is 24.3 Å². The van der Waals surface area contributed by atoms with E-state index in [1.807, 2.05) is 0 Å². The second-order valence-electron chi connectivity index (χ2n) is 6.30. The number of ether oxygens (including phenoxy) is 1. The SMILES string of the molecule is CCCCCCCCCC/C=C/C/C=C/CC1OC1CC. The molecule has 1 heterocycles. The maximum absolute atomic E-state index is 5.51. The smallest absolute Gasteiger partial charge is 0.0876 e. The lowest BCUT2D eigenvalue weighted by Gasteiger charge is -1.99. The third-order valence-corrected chi connectivity index (χ3v) is 4.29. The highest BCUT2D eigenvalue weighted by molar-refractivity contribution is 4.97. The Kier molecular flexibility index (Phi) is 11.6. The predicted octanol–water partition coefficient (Wildman–Crippen LogP) is 6.59. The summed E-state index contributed by atoms with van der Waals surface area (Å²) in [6.07, 6.45) is 26.2. The Bertz CT molecular complexity index is 280. The van der Waals surface area contributed by atoms with Crippen LogP contribution in [0.25, 0.3) is 0 Å². The molecule has 0 spiro atoms. The van der Waals surface area contributed by atoms with E-state index in [1.165, 1.54) is 57.8 Å². The van der Waals surface area contributed by atoms with Gasteiger partial charge in [-0.25, -0.2) is 0 Å². The molecule has 1 saturated heterocycles. The molecule has 0 radical (unpaired) electrons. The van der Waals surface area contributed by atoms with E-state index < -0.39 is 0 Å². The Hall–Kier alpha value is -0.560. The molecule has 0 saturated carbocycles. The predicted molar refractivity (Wildman–Crippen MR) is 93.7 cm³/mol. The van der Waals surface area contributed by atoms with Gasteiger partial charge in [-0.05, 0) is 32.1 Å². The molecule has 1 fully saturated rings. The molecule has 0 aromatic rings. The number of allylic oxidation sites excluding steroid dienone is 3. The first-order valence-corrected chi connectivity index (χ1v) is 9.34. The van der Waals surface area contributed by atoms with Crippen molar-refractivity contribution < 1.29 is 4.74 Å². The molecule has 0 aromatic carbocycles. The minimum Gasteiger partial charge on any atom is -0.369 e. The summed E-state index contributed by atoms with van der Waals surface area (Å²) < 4.78 is 5.51. The molecule has 0 aliphatic carbocycles. The van der Waals surface area contributed by atoms with E-state index in [0.717, 1.165) is 19.3 Å². The molecular formula is C20H36O. The van der Waals surface area contributed by atoms with Crippen LogP contribution in [-0.4, -0.2) is 12.2 Å². The van der Waals surface area contributed by atoms with Crippen LogP contribution in [0.4, 0.5) is 0 Å². The van der Waals surface area contributed by atoms with Crippen LogP contribution in [-0.2, 0) is 4.74 Å². The molecule has 1 heteroatoms. The van der Waals surface area contributed by atoms with Crippen molar-refractivity contribution in [3.63, 3.8) is 0 Å². The highest BCUT2D eigenvalue weighted by Crippen LogP contribution is 2.28. The zero-order chi connectivity index (χ0) is 15.2. The molecule has 0 N–H and O–H groups in total. The highest BCUT2D eigenvalue weighted by Gasteiger charge is 2.35. The standard InChI is InChI=1S/C20H36O/c1-3-5-6-7-8-9-10-11-12-13-14-15-16-17-18-20-19(4-2)21-20/h13-14,16-17,19-20H,3-12,15,18H2,1-2H3/b14-13+,17-16+. The quantitative estimate of drug-likeness (QED) is 0.200. The summed E-state index contributed by atoms with van der Waals surface area (Å²) in [5, 5.41) is 0. The van der Waals surface area contributed by atoms with E-state index in [-0.39, 0.29) is 0 Å². The molecule has 1 aliphatic rings. The number of hydrogen-bond donors (Lipinski definition) is 0. The molecule has 1 nitrogen and oxygen atoms in total. The summed E-state index contributed by atoms with van der Waals surface area (Å²) in [5.74, 6) is 0. The Morgan fingerprint density at radius 1 is 0.714 bits per heavy atom. The van der Waals surface area contributed by atoms with Gasteiger partial charge in [-0.2, -0.15) is 0 Å². The van der Waals surface area contributed by atoms with Crippen LogP contribution in [0.2, 0.25) is 0 Å². The summed E-state index contributed by atoms with van der Waals surface area (Å²) >= 11 is 0. The van der Waals surface area contributed by atoms with Crippen LogP contribution in [0, 0.1) is 0 Å². The van der Waals surface area contributed by atoms with E-state index in [9.17, 15) is 0 Å². The Labute approximate surface area is 132 Å². The number of unbranched alkanes of at least 4 members (excludes halogenated alkanes) is 8. The van der Waals surface area contributed by atoms with E-state index in [2.05, 4.69) is 38.2 Å². The topological polar surface area (TPSA) is 12.5 Å². The van der Waals surface area contributed by atoms with Gasteiger partial charge in [0.25, 0.3) is 0 Å². The van der Waals surface area contributed by atoms with Gasteiger partial charge in [0.05, 0.1) is 12.2 Å². The normalized spacial score (nSPS) is 21.6. The number of rotatable bonds is 14. The second-order valence-corrected chi connectivity index (χ2v) is 6.30. The second kappa shape index (κ2) is 13.1. The maximum atomic E-state index is 5.51. The molecule has 1 aliphatic heterocycles. The van der Waals surface area contributed by atoms with Crippen LogP contribution >= 0.6 is 0 Å². The largest absolute Gasteiger partial charge is 0.369 e. The van der Waals surface area contributed by atoms with Gasteiger partial charge >= 0.3 is 0 Å². The minimum atomic E-state index is 0.521. The number of hydrogen-bond acceptors (Lipinski definition) is 1. The van der Waals surface area contributed by atoms with Crippen molar-refractivity contribution in [1.82, 2.24) is 0 Å². The minimum absolute atomic E-state index is 0.521. The van der Waals surface area contributed by atoms with Crippen molar-refractivity contribution in [2.75, 3.05) is 0 Å². The van der Waals surface area contributed by atoms with E-state index >= 15 is 0 Å². The number of epoxide rings is 1. The van der Waals surface area contributed by atoms with Crippen LogP contribution in [0.3, 0.4) is 0 Å². The third kappa shape index (κ3) is 10.8. The third-order valence-electron chi connectivity index (χ3n) is 4.29. The lowest BCUT2D eigenvalue weighted by Crippen LogP contribution is -1.88. The van der Waals surface area contributed by atoms with Crippen molar-refractivity contribution in [3.8, 4) is 0 Å². The molecule has 0 bridgehead atoms. The van der Waals surface area contributed by atoms with Gasteiger partial charge in [0.15, 0.2) is 0 Å². The molecule has 122 valence electrons. The maximum Gasteiger partial charge on any atom is 0.0876 e. The Morgan fingerprint density at radius 2 is 1.38 bits per heavy atom. The molecule has 21 heavy (non-hydrogen) atoms. The summed E-state index contributed by atoms with van der Waals surface area (Å²) in [6, 6.07) is 0. The molecule has 0 aromatic heterocycles. The van der Waals surface area contributed by atoms with Crippen molar-refractivity contribution in [1.29, 1.82) is 0 Å². The first-order chi connectivity index (χ1) is 10.4. The van der Waals surface area contributed by atoms with Gasteiger partial charge in [0.1, 0.15) is 0 Å². The lowest BCUT2D eigenvalue weighted by atomic mass is 10.1. The molecular weight excluding hydrogens is 256 g/mol. The summed E-state index contributed by atoms with van der Waals surface area (Å²) in [7, 11) is 0. The average molecular weight is 293 g/mol. The monoisotopic (exact) mass is 292 g/mol. The highest BCUT2D eigenvalue weighted by atomic mass is 16.6. The van der Waals surface area contributed by atoms with E-state index in [4.69, 9.17) is 4.74 Å². The van der Waals surface area contributed by atoms with E-state index in [1.54, 1.807) is 0 Å². The fourth-order valence-corrected chi connectivity index (χ4v) is 2.76. The Balaban J connectivity index is 1.77. The first kappa shape index (κ1) is 18.5. The van der Waals surface area contributed by atoms with Gasteiger partial charge in [0.2, 0.25) is 0 Å². The lowest BCUT2D eigenvalue weighted by molar-refractivity contribution is 0.367. The van der Waals surface area contributed by atoms with Crippen LogP contribution in [0.1, 0.15) is 90.9 Å². The summed E-state index contributed by atoms with van der Waals surface area (Å²) in [4.78, 5) is 0. The van der Waals surface area contributed by atoms with Crippen molar-refractivity contribution in [3.05, 3.63) is 24.3 Å². The van der Waals surface area contributed by atoms with Crippen molar-refractivity contribution in [2.24, 2.45) is 0 Å². The van der Waals surface area contributed by atoms with Crippen LogP contribution < -0.4 is 0 Å².